The van der Waals surface area contributed by atoms with Crippen molar-refractivity contribution in [2.75, 3.05) is 6.61 Å². The monoisotopic (exact) mass is 346 g/mol. The van der Waals surface area contributed by atoms with Crippen molar-refractivity contribution in [2.45, 2.75) is 77.7 Å². The second kappa shape index (κ2) is 6.09. The van der Waals surface area contributed by atoms with Gasteiger partial charge in [-0.3, -0.25) is 0 Å². The Morgan fingerprint density at radius 1 is 1.00 bits per heavy atom. The first kappa shape index (κ1) is 18.0. The summed E-state index contributed by atoms with van der Waals surface area (Å²) in [5, 5.41) is 20.3. The maximum atomic E-state index is 10.6. The molecule has 25 heavy (non-hydrogen) atoms. The molecule has 4 aliphatic carbocycles. The molecule has 2 heteroatoms. The summed E-state index contributed by atoms with van der Waals surface area (Å²) < 4.78 is 0. The summed E-state index contributed by atoms with van der Waals surface area (Å²) in [7, 11) is 0. The summed E-state index contributed by atoms with van der Waals surface area (Å²) in [6.45, 7) is 11.4. The topological polar surface area (TPSA) is 40.5 Å². The van der Waals surface area contributed by atoms with Crippen molar-refractivity contribution in [1.29, 1.82) is 0 Å². The van der Waals surface area contributed by atoms with Crippen molar-refractivity contribution < 1.29 is 10.2 Å². The SMILES string of the molecule is C=C(CO)[C@H]1CC[C@H]2[C@@H]3C[C@@H](C)[C@@H]4C[C@@](C)(O)CC[C@@H]4[C@H]3CC[C@]12C. The maximum absolute atomic E-state index is 10.6. The van der Waals surface area contributed by atoms with Crippen LogP contribution in [-0.2, 0) is 0 Å². The third kappa shape index (κ3) is 2.74. The van der Waals surface area contributed by atoms with Gasteiger partial charge in [-0.2, -0.15) is 0 Å². The predicted octanol–water partition coefficient (Wildman–Crippen LogP) is 4.80. The zero-order valence-electron chi connectivity index (χ0n) is 16.5. The molecule has 0 aromatic heterocycles. The van der Waals surface area contributed by atoms with E-state index in [0.29, 0.717) is 11.3 Å². The van der Waals surface area contributed by atoms with E-state index < -0.39 is 5.60 Å². The summed E-state index contributed by atoms with van der Waals surface area (Å²) >= 11 is 0. The van der Waals surface area contributed by atoms with Gasteiger partial charge in [0.2, 0.25) is 0 Å². The van der Waals surface area contributed by atoms with Crippen LogP contribution in [0, 0.1) is 46.8 Å². The molecule has 0 aromatic carbocycles. The van der Waals surface area contributed by atoms with Gasteiger partial charge in [-0.05, 0) is 111 Å². The maximum Gasteiger partial charge on any atom is 0.0642 e. The summed E-state index contributed by atoms with van der Waals surface area (Å²) in [5.74, 6) is 5.44. The van der Waals surface area contributed by atoms with Crippen LogP contribution in [0.3, 0.4) is 0 Å². The number of hydrogen-bond donors (Lipinski definition) is 2. The standard InChI is InChI=1S/C23H38O2/c1-14-11-18-16(17-7-9-22(3,25)12-19(14)17)8-10-23(4)20(15(2)13-24)5-6-21(18)23/h14,16-21,24-25H,2,5-13H2,1,3-4H3/t14-,16-,17-,18-,19+,20-,21+,22+,23-/m1/s1. The molecule has 0 amide bonds. The van der Waals surface area contributed by atoms with Crippen molar-refractivity contribution in [2.24, 2.45) is 46.8 Å². The van der Waals surface area contributed by atoms with Gasteiger partial charge in [0, 0.05) is 0 Å². The highest BCUT2D eigenvalue weighted by molar-refractivity contribution is 5.16. The molecule has 2 nitrogen and oxygen atoms in total. The van der Waals surface area contributed by atoms with Crippen LogP contribution < -0.4 is 0 Å². The molecule has 0 spiro atoms. The van der Waals surface area contributed by atoms with Crippen molar-refractivity contribution in [3.8, 4) is 0 Å². The Kier molecular flexibility index (Phi) is 4.40. The summed E-state index contributed by atoms with van der Waals surface area (Å²) in [4.78, 5) is 0. The molecule has 0 aromatic rings. The molecule has 2 N–H and O–H groups in total. The number of rotatable bonds is 2. The number of aliphatic hydroxyl groups excluding tert-OH is 1. The minimum Gasteiger partial charge on any atom is -0.392 e. The van der Waals surface area contributed by atoms with Gasteiger partial charge in [0.1, 0.15) is 0 Å². The van der Waals surface area contributed by atoms with Crippen LogP contribution in [0.5, 0.6) is 0 Å². The normalized spacial score (nSPS) is 55.2. The largest absolute Gasteiger partial charge is 0.392 e. The van der Waals surface area contributed by atoms with E-state index in [1.807, 2.05) is 0 Å². The lowest BCUT2D eigenvalue weighted by Crippen LogP contribution is -2.52. The van der Waals surface area contributed by atoms with E-state index in [1.165, 1.54) is 38.5 Å². The van der Waals surface area contributed by atoms with Crippen molar-refractivity contribution in [3.63, 3.8) is 0 Å². The Labute approximate surface area is 154 Å². The number of aliphatic hydroxyl groups is 2. The Balaban J connectivity index is 1.58. The molecule has 0 unspecified atom stereocenters. The second-order valence-corrected chi connectivity index (χ2v) is 10.7. The average Bonchev–Trinajstić information content (AvgIpc) is 2.91. The molecular weight excluding hydrogens is 308 g/mol. The first-order valence-electron chi connectivity index (χ1n) is 10.8. The highest BCUT2D eigenvalue weighted by atomic mass is 16.3. The summed E-state index contributed by atoms with van der Waals surface area (Å²) in [5.41, 5.74) is 1.02. The van der Waals surface area contributed by atoms with E-state index in [0.717, 1.165) is 53.9 Å². The van der Waals surface area contributed by atoms with E-state index in [1.54, 1.807) is 0 Å². The fourth-order valence-corrected chi connectivity index (χ4v) is 8.18. The van der Waals surface area contributed by atoms with E-state index in [2.05, 4.69) is 27.4 Å². The van der Waals surface area contributed by atoms with Crippen molar-refractivity contribution >= 4 is 0 Å². The van der Waals surface area contributed by atoms with Crippen LogP contribution in [-0.4, -0.2) is 22.4 Å². The van der Waals surface area contributed by atoms with Gasteiger partial charge in [-0.1, -0.05) is 20.4 Å². The first-order chi connectivity index (χ1) is 11.8. The molecule has 0 bridgehead atoms. The lowest BCUT2D eigenvalue weighted by molar-refractivity contribution is -0.117. The quantitative estimate of drug-likeness (QED) is 0.705. The van der Waals surface area contributed by atoms with Gasteiger partial charge < -0.3 is 10.2 Å². The third-order valence-electron chi connectivity index (χ3n) is 9.35. The minimum atomic E-state index is -0.428. The molecule has 4 fully saturated rings. The molecular formula is C23H38O2. The lowest BCUT2D eigenvalue weighted by Gasteiger charge is -2.59. The highest BCUT2D eigenvalue weighted by Gasteiger charge is 2.58. The zero-order chi connectivity index (χ0) is 18.0. The zero-order valence-corrected chi connectivity index (χ0v) is 16.5. The molecule has 0 aliphatic heterocycles. The van der Waals surface area contributed by atoms with Gasteiger partial charge in [-0.25, -0.2) is 0 Å². The highest BCUT2D eigenvalue weighted by Crippen LogP contribution is 2.66. The van der Waals surface area contributed by atoms with Crippen LogP contribution in [0.1, 0.15) is 72.1 Å². The smallest absolute Gasteiger partial charge is 0.0642 e. The number of fused-ring (bicyclic) bond motifs is 5. The second-order valence-electron chi connectivity index (χ2n) is 10.7. The Morgan fingerprint density at radius 3 is 2.40 bits per heavy atom. The molecule has 0 saturated heterocycles. The molecule has 0 radical (unpaired) electrons. The lowest BCUT2D eigenvalue weighted by atomic mass is 9.47. The van der Waals surface area contributed by atoms with Gasteiger partial charge in [0.25, 0.3) is 0 Å². The molecule has 4 saturated carbocycles. The van der Waals surface area contributed by atoms with E-state index in [9.17, 15) is 10.2 Å². The van der Waals surface area contributed by atoms with Crippen LogP contribution in [0.15, 0.2) is 12.2 Å². The van der Waals surface area contributed by atoms with E-state index in [-0.39, 0.29) is 6.61 Å². The Morgan fingerprint density at radius 2 is 1.68 bits per heavy atom. The fraction of sp³-hybridized carbons (Fsp3) is 0.913. The van der Waals surface area contributed by atoms with E-state index in [4.69, 9.17) is 0 Å². The van der Waals surface area contributed by atoms with Crippen molar-refractivity contribution in [3.05, 3.63) is 12.2 Å². The Bertz CT molecular complexity index is 538. The summed E-state index contributed by atoms with van der Waals surface area (Å²) in [6, 6.07) is 0. The van der Waals surface area contributed by atoms with Gasteiger partial charge in [-0.15, -0.1) is 0 Å². The van der Waals surface area contributed by atoms with Crippen LogP contribution >= 0.6 is 0 Å². The third-order valence-corrected chi connectivity index (χ3v) is 9.35. The molecule has 142 valence electrons. The van der Waals surface area contributed by atoms with Gasteiger partial charge in [0.15, 0.2) is 0 Å². The fourth-order valence-electron chi connectivity index (χ4n) is 8.18. The van der Waals surface area contributed by atoms with Gasteiger partial charge in [0.05, 0.1) is 12.2 Å². The molecule has 4 rings (SSSR count). The minimum absolute atomic E-state index is 0.164. The molecule has 0 heterocycles. The molecule has 4 aliphatic rings. The Hall–Kier alpha value is -0.340. The van der Waals surface area contributed by atoms with Crippen LogP contribution in [0.4, 0.5) is 0 Å². The van der Waals surface area contributed by atoms with Gasteiger partial charge >= 0.3 is 0 Å². The average molecular weight is 347 g/mol. The molecule has 9 atom stereocenters. The number of hydrogen-bond acceptors (Lipinski definition) is 2. The first-order valence-corrected chi connectivity index (χ1v) is 10.8. The summed E-state index contributed by atoms with van der Waals surface area (Å²) in [6.07, 6.45) is 9.87. The van der Waals surface area contributed by atoms with E-state index >= 15 is 0 Å². The van der Waals surface area contributed by atoms with Crippen molar-refractivity contribution in [1.82, 2.24) is 0 Å². The predicted molar refractivity (Wildman–Crippen MR) is 102 cm³/mol. The van der Waals surface area contributed by atoms with Crippen LogP contribution in [0.2, 0.25) is 0 Å². The van der Waals surface area contributed by atoms with Crippen LogP contribution in [0.25, 0.3) is 0 Å².